The standard InChI is InChI=1S/C24H34N4O3/c1-27(19-11-5-4-6-12-19)22(30)14-7-2-3-8-15-31-20-13-9-10-18-16-28-17-21(29)25-24(28)26-23(18)20/h9-10,13,19H,2-8,11-12,14-17H2,1H3,(H,25,26,29). The zero-order chi connectivity index (χ0) is 21.6. The van der Waals surface area contributed by atoms with Gasteiger partial charge in [0.15, 0.2) is 0 Å². The minimum Gasteiger partial charge on any atom is -0.491 e. The van der Waals surface area contributed by atoms with Gasteiger partial charge in [-0.3, -0.25) is 14.9 Å². The van der Waals surface area contributed by atoms with Crippen molar-refractivity contribution in [2.24, 2.45) is 4.99 Å². The van der Waals surface area contributed by atoms with E-state index in [1.54, 1.807) is 0 Å². The van der Waals surface area contributed by atoms with E-state index >= 15 is 0 Å². The first kappa shape index (κ1) is 21.7. The number of nitrogens with one attached hydrogen (secondary N) is 1. The van der Waals surface area contributed by atoms with Gasteiger partial charge in [-0.25, -0.2) is 4.99 Å². The van der Waals surface area contributed by atoms with Crippen molar-refractivity contribution in [3.8, 4) is 5.75 Å². The monoisotopic (exact) mass is 426 g/mol. The molecule has 4 rings (SSSR count). The van der Waals surface area contributed by atoms with Gasteiger partial charge >= 0.3 is 0 Å². The van der Waals surface area contributed by atoms with E-state index in [9.17, 15) is 9.59 Å². The predicted octanol–water partition coefficient (Wildman–Crippen LogP) is 3.74. The van der Waals surface area contributed by atoms with E-state index in [4.69, 9.17) is 4.74 Å². The van der Waals surface area contributed by atoms with E-state index in [1.165, 1.54) is 32.1 Å². The summed E-state index contributed by atoms with van der Waals surface area (Å²) < 4.78 is 6.01. The van der Waals surface area contributed by atoms with Gasteiger partial charge < -0.3 is 14.5 Å². The highest BCUT2D eigenvalue weighted by atomic mass is 16.5. The van der Waals surface area contributed by atoms with Crippen LogP contribution in [0.4, 0.5) is 5.69 Å². The third-order valence-corrected chi connectivity index (χ3v) is 6.61. The van der Waals surface area contributed by atoms with Crippen LogP contribution in [0.3, 0.4) is 0 Å². The van der Waals surface area contributed by atoms with Gasteiger partial charge in [-0.1, -0.05) is 44.2 Å². The first-order valence-electron chi connectivity index (χ1n) is 11.8. The maximum absolute atomic E-state index is 12.4. The summed E-state index contributed by atoms with van der Waals surface area (Å²) >= 11 is 0. The number of guanidine groups is 1. The fourth-order valence-corrected chi connectivity index (χ4v) is 4.73. The number of carbonyl (C=O) groups is 2. The highest BCUT2D eigenvalue weighted by molar-refractivity contribution is 6.06. The highest BCUT2D eigenvalue weighted by Gasteiger charge is 2.30. The molecule has 1 aliphatic carbocycles. The topological polar surface area (TPSA) is 74.2 Å². The van der Waals surface area contributed by atoms with E-state index in [0.717, 1.165) is 42.7 Å². The molecule has 1 aromatic carbocycles. The normalized spacial score (nSPS) is 18.2. The summed E-state index contributed by atoms with van der Waals surface area (Å²) in [5.74, 6) is 1.68. The average Bonchev–Trinajstić information content (AvgIpc) is 3.15. The molecular weight excluding hydrogens is 392 g/mol. The Morgan fingerprint density at radius 1 is 1.16 bits per heavy atom. The number of aliphatic imine (C=N–C) groups is 1. The zero-order valence-corrected chi connectivity index (χ0v) is 18.6. The fraction of sp³-hybridized carbons (Fsp3) is 0.625. The van der Waals surface area contributed by atoms with Gasteiger partial charge in [0, 0.05) is 31.6 Å². The van der Waals surface area contributed by atoms with E-state index in [1.807, 2.05) is 35.0 Å². The quantitative estimate of drug-likeness (QED) is 0.611. The molecule has 2 amide bonds. The first-order chi connectivity index (χ1) is 15.1. The number of hydrogen-bond donors (Lipinski definition) is 1. The minimum atomic E-state index is -0.0163. The number of fused-ring (bicyclic) bond motifs is 2. The van der Waals surface area contributed by atoms with Gasteiger partial charge in [-0.05, 0) is 31.7 Å². The Morgan fingerprint density at radius 3 is 2.81 bits per heavy atom. The molecule has 0 bridgehead atoms. The zero-order valence-electron chi connectivity index (χ0n) is 18.6. The van der Waals surface area contributed by atoms with E-state index in [-0.39, 0.29) is 5.91 Å². The van der Waals surface area contributed by atoms with E-state index in [2.05, 4.69) is 10.3 Å². The molecule has 0 atom stereocenters. The van der Waals surface area contributed by atoms with Crippen molar-refractivity contribution in [1.29, 1.82) is 0 Å². The summed E-state index contributed by atoms with van der Waals surface area (Å²) in [5, 5.41) is 2.80. The van der Waals surface area contributed by atoms with Crippen LogP contribution in [0, 0.1) is 0 Å². The van der Waals surface area contributed by atoms with Crippen LogP contribution in [0.1, 0.15) is 69.8 Å². The Balaban J connectivity index is 1.15. The van der Waals surface area contributed by atoms with Crippen LogP contribution in [0.2, 0.25) is 0 Å². The van der Waals surface area contributed by atoms with Crippen LogP contribution in [0.15, 0.2) is 23.2 Å². The molecule has 0 spiro atoms. The van der Waals surface area contributed by atoms with Crippen molar-refractivity contribution in [2.45, 2.75) is 76.8 Å². The number of amides is 2. The molecule has 1 N–H and O–H groups in total. The number of ether oxygens (including phenoxy) is 1. The summed E-state index contributed by atoms with van der Waals surface area (Å²) in [6.45, 7) is 1.67. The third-order valence-electron chi connectivity index (χ3n) is 6.61. The van der Waals surface area contributed by atoms with Gasteiger partial charge in [0.2, 0.25) is 17.8 Å². The lowest BCUT2D eigenvalue weighted by Gasteiger charge is -2.31. The first-order valence-corrected chi connectivity index (χ1v) is 11.8. The van der Waals surface area contributed by atoms with Gasteiger partial charge in [0.25, 0.3) is 0 Å². The van der Waals surface area contributed by atoms with Crippen molar-refractivity contribution in [1.82, 2.24) is 15.1 Å². The molecule has 2 heterocycles. The molecule has 2 aliphatic heterocycles. The number of benzene rings is 1. The minimum absolute atomic E-state index is 0.0163. The average molecular weight is 427 g/mol. The number of nitrogens with zero attached hydrogens (tertiary/aromatic N) is 3. The summed E-state index contributed by atoms with van der Waals surface area (Å²) in [5.41, 5.74) is 1.91. The summed E-state index contributed by atoms with van der Waals surface area (Å²) in [6, 6.07) is 6.41. The van der Waals surface area contributed by atoms with Crippen molar-refractivity contribution in [3.63, 3.8) is 0 Å². The SMILES string of the molecule is CN(C(=O)CCCCCCOc1cccc2c1N=C1NC(=O)CN1C2)C1CCCCC1. The molecule has 168 valence electrons. The molecule has 1 saturated carbocycles. The van der Waals surface area contributed by atoms with E-state index in [0.29, 0.717) is 44.0 Å². The Labute approximate surface area is 184 Å². The number of hydrogen-bond acceptors (Lipinski definition) is 5. The number of unbranched alkanes of at least 4 members (excludes halogenated alkanes) is 3. The van der Waals surface area contributed by atoms with Crippen molar-refractivity contribution in [3.05, 3.63) is 23.8 Å². The summed E-state index contributed by atoms with van der Waals surface area (Å²) in [6.07, 6.45) is 10.8. The molecule has 31 heavy (non-hydrogen) atoms. The molecule has 2 fully saturated rings. The highest BCUT2D eigenvalue weighted by Crippen LogP contribution is 2.36. The maximum atomic E-state index is 12.4. The van der Waals surface area contributed by atoms with Gasteiger partial charge in [0.1, 0.15) is 18.0 Å². The van der Waals surface area contributed by atoms with Crippen molar-refractivity contribution < 1.29 is 14.3 Å². The second-order valence-electron chi connectivity index (χ2n) is 8.91. The van der Waals surface area contributed by atoms with Crippen LogP contribution >= 0.6 is 0 Å². The van der Waals surface area contributed by atoms with Crippen LogP contribution in [0.25, 0.3) is 0 Å². The van der Waals surface area contributed by atoms with Crippen molar-refractivity contribution >= 4 is 23.5 Å². The maximum Gasteiger partial charge on any atom is 0.246 e. The molecular formula is C24H34N4O3. The van der Waals surface area contributed by atoms with Crippen LogP contribution in [-0.2, 0) is 16.1 Å². The molecule has 3 aliphatic rings. The van der Waals surface area contributed by atoms with E-state index < -0.39 is 0 Å². The van der Waals surface area contributed by atoms with Gasteiger partial charge in [0.05, 0.1) is 6.61 Å². The number of para-hydroxylation sites is 1. The predicted molar refractivity (Wildman–Crippen MR) is 120 cm³/mol. The second-order valence-corrected chi connectivity index (χ2v) is 8.91. The smallest absolute Gasteiger partial charge is 0.246 e. The van der Waals surface area contributed by atoms with Crippen LogP contribution < -0.4 is 10.1 Å². The molecule has 7 heteroatoms. The Bertz CT molecular complexity index is 832. The molecule has 0 unspecified atom stereocenters. The second kappa shape index (κ2) is 10.2. The third kappa shape index (κ3) is 5.38. The molecule has 7 nitrogen and oxygen atoms in total. The molecule has 1 aromatic rings. The molecule has 1 saturated heterocycles. The van der Waals surface area contributed by atoms with Crippen molar-refractivity contribution in [2.75, 3.05) is 20.2 Å². The van der Waals surface area contributed by atoms with Crippen LogP contribution in [-0.4, -0.2) is 53.8 Å². The Hall–Kier alpha value is -2.57. The number of carbonyl (C=O) groups excluding carboxylic acids is 2. The van der Waals surface area contributed by atoms with Crippen LogP contribution in [0.5, 0.6) is 5.75 Å². The van der Waals surface area contributed by atoms with Gasteiger partial charge in [-0.15, -0.1) is 0 Å². The Kier molecular flexibility index (Phi) is 7.10. The lowest BCUT2D eigenvalue weighted by atomic mass is 9.94. The molecule has 0 radical (unpaired) electrons. The van der Waals surface area contributed by atoms with Gasteiger partial charge in [-0.2, -0.15) is 0 Å². The summed E-state index contributed by atoms with van der Waals surface area (Å²) in [4.78, 5) is 32.6. The largest absolute Gasteiger partial charge is 0.491 e. The Morgan fingerprint density at radius 2 is 1.97 bits per heavy atom. The number of rotatable bonds is 9. The summed E-state index contributed by atoms with van der Waals surface area (Å²) in [7, 11) is 1.98. The molecule has 0 aromatic heterocycles. The lowest BCUT2D eigenvalue weighted by Crippen LogP contribution is -2.38. The fourth-order valence-electron chi connectivity index (χ4n) is 4.73. The lowest BCUT2D eigenvalue weighted by molar-refractivity contribution is -0.132.